The van der Waals surface area contributed by atoms with Gasteiger partial charge < -0.3 is 0 Å². The number of halogens is 1. The third-order valence-corrected chi connectivity index (χ3v) is 2.02. The van der Waals surface area contributed by atoms with Gasteiger partial charge in [-0.3, -0.25) is 9.63 Å². The van der Waals surface area contributed by atoms with Crippen LogP contribution >= 0.6 is 11.8 Å². The Bertz CT molecular complexity index is 126. The SMILES string of the molecule is CC(C)C(C(=O)NCl)C(C)C. The summed E-state index contributed by atoms with van der Waals surface area (Å²) < 4.78 is 0. The highest BCUT2D eigenvalue weighted by Gasteiger charge is 2.24. The van der Waals surface area contributed by atoms with Crippen LogP contribution in [0.25, 0.3) is 0 Å². The fraction of sp³-hybridized carbons (Fsp3) is 0.875. The van der Waals surface area contributed by atoms with Crippen LogP contribution in [-0.4, -0.2) is 5.91 Å². The van der Waals surface area contributed by atoms with Crippen molar-refractivity contribution in [1.82, 2.24) is 4.84 Å². The van der Waals surface area contributed by atoms with Crippen LogP contribution < -0.4 is 4.84 Å². The van der Waals surface area contributed by atoms with Gasteiger partial charge in [0.15, 0.2) is 0 Å². The molecule has 0 spiro atoms. The van der Waals surface area contributed by atoms with Gasteiger partial charge in [0.2, 0.25) is 5.91 Å². The molecule has 0 atom stereocenters. The van der Waals surface area contributed by atoms with E-state index in [1.54, 1.807) is 0 Å². The highest BCUT2D eigenvalue weighted by Crippen LogP contribution is 2.20. The van der Waals surface area contributed by atoms with Crippen LogP contribution in [0.5, 0.6) is 0 Å². The van der Waals surface area contributed by atoms with Crippen LogP contribution in [0, 0.1) is 17.8 Å². The molecule has 0 aromatic rings. The molecule has 0 aliphatic rings. The van der Waals surface area contributed by atoms with Crippen molar-refractivity contribution in [3.63, 3.8) is 0 Å². The molecule has 0 aliphatic heterocycles. The van der Waals surface area contributed by atoms with E-state index < -0.39 is 0 Å². The number of hydrogen-bond acceptors (Lipinski definition) is 1. The number of hydrogen-bond donors (Lipinski definition) is 1. The molecule has 1 amide bonds. The van der Waals surface area contributed by atoms with Crippen molar-refractivity contribution in [3.05, 3.63) is 0 Å². The number of nitrogens with one attached hydrogen (secondary N) is 1. The van der Waals surface area contributed by atoms with E-state index in [-0.39, 0.29) is 11.8 Å². The van der Waals surface area contributed by atoms with E-state index in [2.05, 4.69) is 4.84 Å². The summed E-state index contributed by atoms with van der Waals surface area (Å²) >= 11 is 5.24. The fourth-order valence-electron chi connectivity index (χ4n) is 1.44. The van der Waals surface area contributed by atoms with E-state index in [1.807, 2.05) is 27.7 Å². The average molecular weight is 178 g/mol. The zero-order chi connectivity index (χ0) is 9.02. The Labute approximate surface area is 73.4 Å². The summed E-state index contributed by atoms with van der Waals surface area (Å²) in [6, 6.07) is 0. The maximum absolute atomic E-state index is 11.2. The maximum Gasteiger partial charge on any atom is 0.237 e. The van der Waals surface area contributed by atoms with E-state index in [4.69, 9.17) is 11.8 Å². The lowest BCUT2D eigenvalue weighted by atomic mass is 9.85. The first-order valence-corrected chi connectivity index (χ1v) is 4.29. The van der Waals surface area contributed by atoms with Gasteiger partial charge in [0.25, 0.3) is 0 Å². The Morgan fingerprint density at radius 2 is 1.55 bits per heavy atom. The average Bonchev–Trinajstić information content (AvgIpc) is 1.85. The summed E-state index contributed by atoms with van der Waals surface area (Å²) in [7, 11) is 0. The molecule has 0 radical (unpaired) electrons. The second-order valence-electron chi connectivity index (χ2n) is 3.47. The molecule has 0 bridgehead atoms. The minimum atomic E-state index is -0.0725. The van der Waals surface area contributed by atoms with E-state index in [9.17, 15) is 4.79 Å². The zero-order valence-corrected chi connectivity index (χ0v) is 8.27. The first-order valence-electron chi connectivity index (χ1n) is 3.91. The molecule has 0 aliphatic carbocycles. The summed E-state index contributed by atoms with van der Waals surface area (Å²) in [6.07, 6.45) is 0. The molecule has 66 valence electrons. The van der Waals surface area contributed by atoms with Gasteiger partial charge in [0, 0.05) is 17.7 Å². The van der Waals surface area contributed by atoms with E-state index in [1.165, 1.54) is 0 Å². The van der Waals surface area contributed by atoms with Crippen molar-refractivity contribution >= 4 is 17.7 Å². The van der Waals surface area contributed by atoms with Crippen LogP contribution in [0.4, 0.5) is 0 Å². The fourth-order valence-corrected chi connectivity index (χ4v) is 1.56. The first-order chi connectivity index (χ1) is 5.00. The Kier molecular flexibility index (Phi) is 4.50. The molecule has 0 aromatic heterocycles. The molecule has 3 heteroatoms. The van der Waals surface area contributed by atoms with Crippen LogP contribution in [-0.2, 0) is 4.79 Å². The second kappa shape index (κ2) is 4.60. The van der Waals surface area contributed by atoms with Gasteiger partial charge >= 0.3 is 0 Å². The summed E-state index contributed by atoms with van der Waals surface area (Å²) in [5.74, 6) is 0.631. The molecule has 11 heavy (non-hydrogen) atoms. The number of carbonyl (C=O) groups is 1. The number of rotatable bonds is 3. The third kappa shape index (κ3) is 3.10. The van der Waals surface area contributed by atoms with Crippen LogP contribution in [0.2, 0.25) is 0 Å². The van der Waals surface area contributed by atoms with Crippen molar-refractivity contribution < 1.29 is 4.79 Å². The van der Waals surface area contributed by atoms with Gasteiger partial charge in [0.1, 0.15) is 0 Å². The molecule has 0 saturated heterocycles. The van der Waals surface area contributed by atoms with Crippen molar-refractivity contribution in [3.8, 4) is 0 Å². The third-order valence-electron chi connectivity index (χ3n) is 1.83. The lowest BCUT2D eigenvalue weighted by molar-refractivity contribution is -0.126. The van der Waals surface area contributed by atoms with Crippen molar-refractivity contribution in [2.45, 2.75) is 27.7 Å². The monoisotopic (exact) mass is 177 g/mol. The second-order valence-corrected chi connectivity index (χ2v) is 3.66. The summed E-state index contributed by atoms with van der Waals surface area (Å²) in [6.45, 7) is 8.10. The van der Waals surface area contributed by atoms with Crippen molar-refractivity contribution in [2.75, 3.05) is 0 Å². The van der Waals surface area contributed by atoms with Gasteiger partial charge in [-0.25, -0.2) is 0 Å². The Morgan fingerprint density at radius 3 is 1.64 bits per heavy atom. The van der Waals surface area contributed by atoms with Crippen LogP contribution in [0.1, 0.15) is 27.7 Å². The molecule has 0 saturated carbocycles. The van der Waals surface area contributed by atoms with Gasteiger partial charge in [-0.05, 0) is 11.8 Å². The van der Waals surface area contributed by atoms with E-state index in [0.717, 1.165) is 0 Å². The minimum Gasteiger partial charge on any atom is -0.273 e. The van der Waals surface area contributed by atoms with Gasteiger partial charge in [-0.2, -0.15) is 0 Å². The largest absolute Gasteiger partial charge is 0.273 e. The molecule has 1 N–H and O–H groups in total. The summed E-state index contributed by atoms with van der Waals surface area (Å²) in [5, 5.41) is 0. The highest BCUT2D eigenvalue weighted by atomic mass is 35.5. The van der Waals surface area contributed by atoms with Gasteiger partial charge in [-0.15, -0.1) is 0 Å². The normalized spacial score (nSPS) is 11.3. The zero-order valence-electron chi connectivity index (χ0n) is 7.52. The summed E-state index contributed by atoms with van der Waals surface area (Å²) in [4.78, 5) is 13.3. The molecule has 0 heterocycles. The van der Waals surface area contributed by atoms with Crippen molar-refractivity contribution in [1.29, 1.82) is 0 Å². The molecule has 2 nitrogen and oxygen atoms in total. The standard InChI is InChI=1S/C8H16ClNO/c1-5(2)7(6(3)4)8(11)10-9/h5-7H,1-4H3,(H,10,11). The maximum atomic E-state index is 11.2. The van der Waals surface area contributed by atoms with E-state index >= 15 is 0 Å². The quantitative estimate of drug-likeness (QED) is 0.658. The topological polar surface area (TPSA) is 29.1 Å². The Hall–Kier alpha value is -0.240. The minimum absolute atomic E-state index is 0.0208. The molecular weight excluding hydrogens is 162 g/mol. The van der Waals surface area contributed by atoms with Gasteiger partial charge in [0.05, 0.1) is 0 Å². The predicted octanol–water partition coefficient (Wildman–Crippen LogP) is 2.18. The summed E-state index contributed by atoms with van der Waals surface area (Å²) in [5.41, 5.74) is 0. The van der Waals surface area contributed by atoms with E-state index in [0.29, 0.717) is 11.8 Å². The van der Waals surface area contributed by atoms with Gasteiger partial charge in [-0.1, -0.05) is 27.7 Å². The lowest BCUT2D eigenvalue weighted by Crippen LogP contribution is -2.31. The molecule has 0 fully saturated rings. The molecule has 0 aromatic carbocycles. The lowest BCUT2D eigenvalue weighted by Gasteiger charge is -2.21. The Morgan fingerprint density at radius 1 is 1.18 bits per heavy atom. The van der Waals surface area contributed by atoms with Crippen molar-refractivity contribution in [2.24, 2.45) is 17.8 Å². The smallest absolute Gasteiger partial charge is 0.237 e. The molecular formula is C8H16ClNO. The molecule has 0 rings (SSSR count). The van der Waals surface area contributed by atoms with Crippen LogP contribution in [0.3, 0.4) is 0 Å². The van der Waals surface area contributed by atoms with Crippen LogP contribution in [0.15, 0.2) is 0 Å². The Balaban J connectivity index is 4.22. The number of carbonyl (C=O) groups excluding carboxylic acids is 1. The molecule has 0 unspecified atom stereocenters. The highest BCUT2D eigenvalue weighted by molar-refractivity contribution is 6.21. The predicted molar refractivity (Wildman–Crippen MR) is 47.2 cm³/mol. The first kappa shape index (κ1) is 10.8. The number of amides is 1.